The molecular weight excluding hydrogens is 234 g/mol. The molecule has 0 fully saturated rings. The molecule has 0 saturated heterocycles. The summed E-state index contributed by atoms with van der Waals surface area (Å²) >= 11 is 0. The van der Waals surface area contributed by atoms with E-state index >= 15 is 0 Å². The SMILES string of the molecule is CC1CCc2ccccc2N1c1ccc(N)c(N)c1. The van der Waals surface area contributed by atoms with Crippen LogP contribution < -0.4 is 16.4 Å². The van der Waals surface area contributed by atoms with Gasteiger partial charge in [-0.1, -0.05) is 18.2 Å². The fraction of sp³-hybridized carbons (Fsp3) is 0.250. The van der Waals surface area contributed by atoms with Crippen LogP contribution in [-0.2, 0) is 6.42 Å². The Morgan fingerprint density at radius 3 is 2.63 bits per heavy atom. The van der Waals surface area contributed by atoms with E-state index in [1.165, 1.54) is 11.3 Å². The van der Waals surface area contributed by atoms with Gasteiger partial charge in [0.05, 0.1) is 11.4 Å². The number of nitrogens with two attached hydrogens (primary N) is 2. The summed E-state index contributed by atoms with van der Waals surface area (Å²) in [6.07, 6.45) is 2.29. The normalized spacial score (nSPS) is 18.2. The van der Waals surface area contributed by atoms with Crippen LogP contribution in [-0.4, -0.2) is 6.04 Å². The van der Waals surface area contributed by atoms with Crippen molar-refractivity contribution in [3.05, 3.63) is 48.0 Å². The van der Waals surface area contributed by atoms with Crippen molar-refractivity contribution in [1.29, 1.82) is 0 Å². The molecule has 1 unspecified atom stereocenters. The first-order valence-corrected chi connectivity index (χ1v) is 6.69. The van der Waals surface area contributed by atoms with Crippen molar-refractivity contribution in [2.45, 2.75) is 25.8 Å². The molecule has 3 rings (SSSR count). The highest BCUT2D eigenvalue weighted by molar-refractivity contribution is 5.75. The lowest BCUT2D eigenvalue weighted by Gasteiger charge is -2.37. The summed E-state index contributed by atoms with van der Waals surface area (Å²) in [4.78, 5) is 2.36. The van der Waals surface area contributed by atoms with Gasteiger partial charge in [-0.2, -0.15) is 0 Å². The summed E-state index contributed by atoms with van der Waals surface area (Å²) in [5.74, 6) is 0. The zero-order valence-electron chi connectivity index (χ0n) is 11.1. The second-order valence-electron chi connectivity index (χ2n) is 5.20. The second kappa shape index (κ2) is 4.50. The molecule has 0 amide bonds. The molecule has 0 spiro atoms. The van der Waals surface area contributed by atoms with Gasteiger partial charge in [-0.25, -0.2) is 0 Å². The third-order valence-electron chi connectivity index (χ3n) is 3.87. The van der Waals surface area contributed by atoms with Crippen LogP contribution in [0.25, 0.3) is 0 Å². The van der Waals surface area contributed by atoms with E-state index in [9.17, 15) is 0 Å². The molecule has 19 heavy (non-hydrogen) atoms. The van der Waals surface area contributed by atoms with Crippen LogP contribution in [0, 0.1) is 0 Å². The van der Waals surface area contributed by atoms with Crippen molar-refractivity contribution in [3.8, 4) is 0 Å². The third-order valence-corrected chi connectivity index (χ3v) is 3.87. The largest absolute Gasteiger partial charge is 0.397 e. The van der Waals surface area contributed by atoms with E-state index in [0.29, 0.717) is 17.4 Å². The molecule has 3 heteroatoms. The minimum atomic E-state index is 0.470. The number of nitrogen functional groups attached to an aromatic ring is 2. The average molecular weight is 253 g/mol. The molecule has 2 aromatic rings. The molecule has 1 atom stereocenters. The van der Waals surface area contributed by atoms with Gasteiger partial charge in [-0.05, 0) is 49.6 Å². The van der Waals surface area contributed by atoms with Crippen molar-refractivity contribution >= 4 is 22.7 Å². The topological polar surface area (TPSA) is 55.3 Å². The van der Waals surface area contributed by atoms with E-state index in [-0.39, 0.29) is 0 Å². The molecule has 1 heterocycles. The highest BCUT2D eigenvalue weighted by atomic mass is 15.2. The Morgan fingerprint density at radius 2 is 1.84 bits per heavy atom. The highest BCUT2D eigenvalue weighted by Gasteiger charge is 2.24. The Balaban J connectivity index is 2.10. The number of hydrogen-bond acceptors (Lipinski definition) is 3. The van der Waals surface area contributed by atoms with E-state index in [4.69, 9.17) is 11.5 Å². The maximum Gasteiger partial charge on any atom is 0.0568 e. The first kappa shape index (κ1) is 11.9. The number of para-hydroxylation sites is 1. The van der Waals surface area contributed by atoms with E-state index in [0.717, 1.165) is 18.5 Å². The Labute approximate surface area is 113 Å². The van der Waals surface area contributed by atoms with Crippen LogP contribution in [0.15, 0.2) is 42.5 Å². The summed E-state index contributed by atoms with van der Waals surface area (Å²) < 4.78 is 0. The van der Waals surface area contributed by atoms with Crippen molar-refractivity contribution in [2.75, 3.05) is 16.4 Å². The molecule has 0 aliphatic carbocycles. The Hall–Kier alpha value is -2.16. The first-order valence-electron chi connectivity index (χ1n) is 6.69. The maximum atomic E-state index is 5.94. The summed E-state index contributed by atoms with van der Waals surface area (Å²) in [5, 5.41) is 0. The third kappa shape index (κ3) is 2.01. The van der Waals surface area contributed by atoms with Gasteiger partial charge in [0.2, 0.25) is 0 Å². The molecule has 0 saturated carbocycles. The molecule has 0 radical (unpaired) electrons. The van der Waals surface area contributed by atoms with E-state index in [1.807, 2.05) is 18.2 Å². The molecule has 0 aromatic heterocycles. The molecule has 2 aromatic carbocycles. The molecule has 0 bridgehead atoms. The highest BCUT2D eigenvalue weighted by Crippen LogP contribution is 2.37. The number of aryl methyl sites for hydroxylation is 1. The van der Waals surface area contributed by atoms with Crippen LogP contribution in [0.3, 0.4) is 0 Å². The lowest BCUT2D eigenvalue weighted by molar-refractivity contribution is 0.618. The van der Waals surface area contributed by atoms with Gasteiger partial charge in [0.25, 0.3) is 0 Å². The van der Waals surface area contributed by atoms with Gasteiger partial charge in [0.1, 0.15) is 0 Å². The van der Waals surface area contributed by atoms with Gasteiger partial charge >= 0.3 is 0 Å². The molecule has 4 N–H and O–H groups in total. The zero-order valence-corrected chi connectivity index (χ0v) is 11.1. The van der Waals surface area contributed by atoms with Gasteiger partial charge in [-0.15, -0.1) is 0 Å². The first-order chi connectivity index (χ1) is 9.16. The van der Waals surface area contributed by atoms with Crippen LogP contribution in [0.2, 0.25) is 0 Å². The Kier molecular flexibility index (Phi) is 2.82. The summed E-state index contributed by atoms with van der Waals surface area (Å²) in [5.41, 5.74) is 16.8. The number of benzene rings is 2. The number of rotatable bonds is 1. The van der Waals surface area contributed by atoms with Gasteiger partial charge in [0, 0.05) is 17.4 Å². The van der Waals surface area contributed by atoms with Crippen LogP contribution in [0.1, 0.15) is 18.9 Å². The summed E-state index contributed by atoms with van der Waals surface area (Å²) in [7, 11) is 0. The summed E-state index contributed by atoms with van der Waals surface area (Å²) in [6.45, 7) is 2.25. The number of anilines is 4. The Morgan fingerprint density at radius 1 is 1.05 bits per heavy atom. The molecule has 98 valence electrons. The smallest absolute Gasteiger partial charge is 0.0568 e. The van der Waals surface area contributed by atoms with Crippen LogP contribution in [0.4, 0.5) is 22.7 Å². The maximum absolute atomic E-state index is 5.94. The number of nitrogens with zero attached hydrogens (tertiary/aromatic N) is 1. The van der Waals surface area contributed by atoms with Crippen LogP contribution >= 0.6 is 0 Å². The minimum absolute atomic E-state index is 0.470. The van der Waals surface area contributed by atoms with E-state index < -0.39 is 0 Å². The fourth-order valence-corrected chi connectivity index (χ4v) is 2.79. The average Bonchev–Trinajstić information content (AvgIpc) is 2.42. The van der Waals surface area contributed by atoms with E-state index in [1.54, 1.807) is 0 Å². The quantitative estimate of drug-likeness (QED) is 0.766. The predicted octanol–water partition coefficient (Wildman–Crippen LogP) is 3.32. The molecule has 1 aliphatic heterocycles. The minimum Gasteiger partial charge on any atom is -0.397 e. The lowest BCUT2D eigenvalue weighted by Crippen LogP contribution is -2.33. The molecular formula is C16H19N3. The Bertz CT molecular complexity index is 607. The monoisotopic (exact) mass is 253 g/mol. The van der Waals surface area contributed by atoms with Crippen molar-refractivity contribution in [3.63, 3.8) is 0 Å². The van der Waals surface area contributed by atoms with E-state index in [2.05, 4.69) is 36.1 Å². The van der Waals surface area contributed by atoms with Crippen molar-refractivity contribution < 1.29 is 0 Å². The van der Waals surface area contributed by atoms with Gasteiger partial charge in [0.15, 0.2) is 0 Å². The standard InChI is InChI=1S/C16H19N3/c1-11-6-7-12-4-2-3-5-16(12)19(11)13-8-9-14(17)15(18)10-13/h2-5,8-11H,6-7,17-18H2,1H3. The number of hydrogen-bond donors (Lipinski definition) is 2. The predicted molar refractivity (Wildman–Crippen MR) is 81.6 cm³/mol. The lowest BCUT2D eigenvalue weighted by atomic mass is 9.96. The molecule has 1 aliphatic rings. The summed E-state index contributed by atoms with van der Waals surface area (Å²) in [6, 6.07) is 14.9. The number of fused-ring (bicyclic) bond motifs is 1. The second-order valence-corrected chi connectivity index (χ2v) is 5.20. The van der Waals surface area contributed by atoms with Crippen molar-refractivity contribution in [1.82, 2.24) is 0 Å². The van der Waals surface area contributed by atoms with Crippen LogP contribution in [0.5, 0.6) is 0 Å². The van der Waals surface area contributed by atoms with Gasteiger partial charge < -0.3 is 16.4 Å². The fourth-order valence-electron chi connectivity index (χ4n) is 2.79. The zero-order chi connectivity index (χ0) is 13.4. The van der Waals surface area contributed by atoms with Crippen molar-refractivity contribution in [2.24, 2.45) is 0 Å². The molecule has 3 nitrogen and oxygen atoms in total. The van der Waals surface area contributed by atoms with Gasteiger partial charge in [-0.3, -0.25) is 0 Å².